The van der Waals surface area contributed by atoms with Gasteiger partial charge < -0.3 is 19.1 Å². The Labute approximate surface area is 354 Å². The van der Waals surface area contributed by atoms with E-state index < -0.39 is 56.4 Å². The van der Waals surface area contributed by atoms with E-state index in [0.29, 0.717) is 37.3 Å². The van der Waals surface area contributed by atoms with E-state index in [2.05, 4.69) is 4.98 Å². The second-order valence-corrected chi connectivity index (χ2v) is 17.5. The van der Waals surface area contributed by atoms with Crippen molar-refractivity contribution in [2.45, 2.75) is 83.1 Å². The largest absolute Gasteiger partial charge is 0.489 e. The van der Waals surface area contributed by atoms with Gasteiger partial charge in [-0.05, 0) is 98.5 Å². The lowest BCUT2D eigenvalue weighted by atomic mass is 9.62. The number of nitrogens with zero attached hydrogens (tertiary/aromatic N) is 4. The van der Waals surface area contributed by atoms with Crippen LogP contribution in [0.2, 0.25) is 5.02 Å². The molecule has 7 rings (SSSR count). The maximum absolute atomic E-state index is 15.6. The topological polar surface area (TPSA) is 151 Å². The first-order valence-corrected chi connectivity index (χ1v) is 21.5. The zero-order valence-electron chi connectivity index (χ0n) is 33.4. The third kappa shape index (κ3) is 9.28. The van der Waals surface area contributed by atoms with Crippen molar-refractivity contribution in [3.05, 3.63) is 117 Å². The van der Waals surface area contributed by atoms with Crippen LogP contribution in [0.1, 0.15) is 66.3 Å². The van der Waals surface area contributed by atoms with Crippen molar-refractivity contribution in [2.75, 3.05) is 25.2 Å². The van der Waals surface area contributed by atoms with Gasteiger partial charge in [-0.1, -0.05) is 48.0 Å². The number of pyridine rings is 1. The number of methoxy groups -OCH3 is 1. The normalized spacial score (nSPS) is 22.4. The Kier molecular flexibility index (Phi) is 13.4. The summed E-state index contributed by atoms with van der Waals surface area (Å²) in [6.45, 7) is 3.97. The Morgan fingerprint density at radius 3 is 2.50 bits per heavy atom. The molecule has 2 N–H and O–H groups in total. The van der Waals surface area contributed by atoms with Gasteiger partial charge >= 0.3 is 6.09 Å². The van der Waals surface area contributed by atoms with Crippen LogP contribution < -0.4 is 14.2 Å². The van der Waals surface area contributed by atoms with Gasteiger partial charge in [0.05, 0.1) is 37.2 Å². The summed E-state index contributed by atoms with van der Waals surface area (Å²) in [5, 5.41) is 17.2. The molecule has 3 fully saturated rings. The number of carbonyl (C=O) groups is 2. The van der Waals surface area contributed by atoms with Crippen LogP contribution in [0.4, 0.5) is 13.6 Å². The maximum atomic E-state index is 15.6. The minimum absolute atomic E-state index is 0.0280. The molecule has 60 heavy (non-hydrogen) atoms. The van der Waals surface area contributed by atoms with Gasteiger partial charge in [0, 0.05) is 58.6 Å². The highest BCUT2D eigenvalue weighted by Crippen LogP contribution is 2.53. The van der Waals surface area contributed by atoms with E-state index in [4.69, 9.17) is 41.1 Å². The molecule has 0 radical (unpaired) electrons. The molecule has 2 amide bonds. The number of benzene rings is 3. The molecular formula is C43H47ClF2N4O9S. The van der Waals surface area contributed by atoms with Crippen molar-refractivity contribution in [1.82, 2.24) is 20.2 Å². The minimum atomic E-state index is -1.34. The van der Waals surface area contributed by atoms with Crippen LogP contribution in [-0.4, -0.2) is 90.1 Å². The van der Waals surface area contributed by atoms with Gasteiger partial charge in [0.25, 0.3) is 0 Å². The molecule has 13 nitrogen and oxygen atoms in total. The summed E-state index contributed by atoms with van der Waals surface area (Å²) in [4.78, 5) is 42.5. The molecule has 3 heterocycles. The number of ether oxygens (including phenoxy) is 3. The zero-order chi connectivity index (χ0) is 42.7. The third-order valence-electron chi connectivity index (χ3n) is 11.8. The number of piperidine rings is 1. The Bertz CT molecular complexity index is 2230. The van der Waals surface area contributed by atoms with Crippen LogP contribution in [0.25, 0.3) is 0 Å². The highest BCUT2D eigenvalue weighted by Gasteiger charge is 2.61. The van der Waals surface area contributed by atoms with E-state index in [0.717, 1.165) is 47.2 Å². The Hall–Kier alpha value is -4.71. The van der Waals surface area contributed by atoms with Crippen LogP contribution in [-0.2, 0) is 40.0 Å². The third-order valence-corrected chi connectivity index (χ3v) is 13.6. The highest BCUT2D eigenvalue weighted by molar-refractivity contribution is 7.85. The Morgan fingerprint density at radius 1 is 1.03 bits per heavy atom. The van der Waals surface area contributed by atoms with Crippen LogP contribution in [0, 0.1) is 24.0 Å². The number of aryl methyl sites for hydroxylation is 1. The van der Waals surface area contributed by atoms with Crippen molar-refractivity contribution in [1.29, 1.82) is 0 Å². The number of aromatic nitrogens is 1. The van der Waals surface area contributed by atoms with E-state index in [-0.39, 0.29) is 54.1 Å². The molecule has 2 saturated heterocycles. The second-order valence-electron chi connectivity index (χ2n) is 15.6. The molecule has 2 aliphatic heterocycles. The molecule has 3 aromatic carbocycles. The number of hydrogen-bond donors (Lipinski definition) is 2. The van der Waals surface area contributed by atoms with E-state index in [9.17, 15) is 17.8 Å². The average molecular weight is 869 g/mol. The van der Waals surface area contributed by atoms with Crippen LogP contribution in [0.3, 0.4) is 0 Å². The molecule has 5 unspecified atom stereocenters. The summed E-state index contributed by atoms with van der Waals surface area (Å²) in [5.41, 5.74) is 2.79. The van der Waals surface area contributed by atoms with Crippen molar-refractivity contribution in [3.63, 3.8) is 0 Å². The molecule has 4 aromatic rings. The molecular weight excluding hydrogens is 822 g/mol. The second kappa shape index (κ2) is 18.5. The van der Waals surface area contributed by atoms with Gasteiger partial charge in [0.15, 0.2) is 11.6 Å². The fraction of sp³-hybridized carbons (Fsp3) is 0.419. The molecule has 1 saturated carbocycles. The first kappa shape index (κ1) is 43.4. The monoisotopic (exact) mass is 868 g/mol. The Morgan fingerprint density at radius 2 is 1.78 bits per heavy atom. The summed E-state index contributed by atoms with van der Waals surface area (Å²) < 4.78 is 58.7. The van der Waals surface area contributed by atoms with E-state index in [1.165, 1.54) is 6.07 Å². The predicted molar refractivity (Wildman–Crippen MR) is 216 cm³/mol. The molecule has 1 aromatic heterocycles. The van der Waals surface area contributed by atoms with Gasteiger partial charge in [-0.3, -0.25) is 24.3 Å². The number of fused-ring (bicyclic) bond motifs is 2. The number of hydrogen-bond acceptors (Lipinski definition) is 11. The molecule has 2 bridgehead atoms. The van der Waals surface area contributed by atoms with Gasteiger partial charge in [-0.25, -0.2) is 23.4 Å². The lowest BCUT2D eigenvalue weighted by molar-refractivity contribution is -0.497. The van der Waals surface area contributed by atoms with Gasteiger partial charge in [-0.2, -0.15) is 0 Å². The van der Waals surface area contributed by atoms with Crippen molar-refractivity contribution in [3.8, 4) is 17.4 Å². The first-order chi connectivity index (χ1) is 28.8. The fourth-order valence-corrected chi connectivity index (χ4v) is 10.4. The van der Waals surface area contributed by atoms with E-state index in [1.54, 1.807) is 36.4 Å². The van der Waals surface area contributed by atoms with Crippen molar-refractivity contribution in [2.24, 2.45) is 5.41 Å². The lowest BCUT2D eigenvalue weighted by Gasteiger charge is -2.57. The molecule has 1 aliphatic carbocycles. The average Bonchev–Trinajstić information content (AvgIpc) is 4.08. The van der Waals surface area contributed by atoms with Crippen molar-refractivity contribution < 1.29 is 52.0 Å². The van der Waals surface area contributed by atoms with E-state index in [1.807, 2.05) is 49.1 Å². The summed E-state index contributed by atoms with van der Waals surface area (Å²) in [5.74, 6) is -1.45. The van der Waals surface area contributed by atoms with Crippen LogP contribution in [0.15, 0.2) is 72.9 Å². The van der Waals surface area contributed by atoms with E-state index >= 15 is 4.79 Å². The van der Waals surface area contributed by atoms with Gasteiger partial charge in [0.2, 0.25) is 11.8 Å². The van der Waals surface area contributed by atoms with Crippen LogP contribution >= 0.6 is 11.6 Å². The smallest absolute Gasteiger partial charge is 0.415 e. The Balaban J connectivity index is 1.18. The predicted octanol–water partition coefficient (Wildman–Crippen LogP) is 7.54. The van der Waals surface area contributed by atoms with Crippen LogP contribution in [0.5, 0.6) is 17.4 Å². The van der Waals surface area contributed by atoms with Crippen molar-refractivity contribution >= 4 is 34.4 Å². The molecule has 3 aliphatic rings. The SMILES string of the molecule is COc1nccc(CN(C(=O)C2(C)C(c3ccc(CCCOc4c(F)ccc(F)c4Cl)cc3)CC3CS(=O)CC2N3C(=O)Oc2cccc(CON(O)O)c2)C2CC2)c1C. The lowest BCUT2D eigenvalue weighted by Crippen LogP contribution is -2.70. The highest BCUT2D eigenvalue weighted by atomic mass is 35.5. The summed E-state index contributed by atoms with van der Waals surface area (Å²) in [6, 6.07) is 16.8. The zero-order valence-corrected chi connectivity index (χ0v) is 35.0. The summed E-state index contributed by atoms with van der Waals surface area (Å²) in [6.07, 6.45) is 4.00. The number of halogens is 3. The molecule has 320 valence electrons. The van der Waals surface area contributed by atoms with Gasteiger partial charge in [0.1, 0.15) is 16.6 Å². The molecule has 17 heteroatoms. The fourth-order valence-electron chi connectivity index (χ4n) is 8.49. The van der Waals surface area contributed by atoms with Gasteiger partial charge in [-0.15, -0.1) is 0 Å². The number of carbonyl (C=O) groups excluding carboxylic acids is 2. The minimum Gasteiger partial charge on any atom is -0.489 e. The first-order valence-electron chi connectivity index (χ1n) is 19.7. The standard InChI is InChI=1S/C43H47ClF2N4O9S/c1-26-30(17-18-47-40(26)56-3)22-48(31-13-14-31)41(51)43(2)34(29-11-9-27(10-12-29)7-5-19-57-39-36(46)16-15-35(45)38(39)44)21-32-24-60(55)25-37(43)49(32)42(52)59-33-8-4-6-28(20-33)23-58-50(53)54/h4,6,8-12,15-18,20,31-32,34,37,53-54H,5,7,13-14,19,21-25H2,1-3H3. The summed E-state index contributed by atoms with van der Waals surface area (Å²) >= 11 is 5.92. The number of amides is 2. The number of rotatable bonds is 15. The summed E-state index contributed by atoms with van der Waals surface area (Å²) in [7, 11) is 0.213. The molecule has 5 atom stereocenters. The quantitative estimate of drug-likeness (QED) is 0.0693. The molecule has 0 spiro atoms. The maximum Gasteiger partial charge on any atom is 0.415 e.